The first-order valence-corrected chi connectivity index (χ1v) is 6.94. The summed E-state index contributed by atoms with van der Waals surface area (Å²) in [5.74, 6) is -0.307. The second kappa shape index (κ2) is 6.66. The zero-order valence-electron chi connectivity index (χ0n) is 12.1. The van der Waals surface area contributed by atoms with Gasteiger partial charge in [-0.15, -0.1) is 0 Å². The van der Waals surface area contributed by atoms with Crippen molar-refractivity contribution in [2.24, 2.45) is 0 Å². The number of benzene rings is 1. The SMILES string of the molecule is CO[C@@H]1C[C@@H](CO)N(C(=O)Cc2cccc(C(F)(F)F)c2)C1. The van der Waals surface area contributed by atoms with Crippen molar-refractivity contribution >= 4 is 5.91 Å². The van der Waals surface area contributed by atoms with Crippen LogP contribution in [0.2, 0.25) is 0 Å². The van der Waals surface area contributed by atoms with Gasteiger partial charge in [-0.3, -0.25) is 4.79 Å². The van der Waals surface area contributed by atoms with E-state index in [-0.39, 0.29) is 31.1 Å². The van der Waals surface area contributed by atoms with Crippen LogP contribution in [0.25, 0.3) is 0 Å². The molecule has 1 saturated heterocycles. The fourth-order valence-corrected chi connectivity index (χ4v) is 2.66. The molecule has 1 aliphatic rings. The molecule has 0 saturated carbocycles. The average molecular weight is 317 g/mol. The number of aliphatic hydroxyl groups is 1. The molecule has 4 nitrogen and oxygen atoms in total. The fraction of sp³-hybridized carbons (Fsp3) is 0.533. The largest absolute Gasteiger partial charge is 0.416 e. The summed E-state index contributed by atoms with van der Waals surface area (Å²) in [6, 6.07) is 4.39. The van der Waals surface area contributed by atoms with Gasteiger partial charge in [0.25, 0.3) is 0 Å². The number of nitrogens with zero attached hydrogens (tertiary/aromatic N) is 1. The van der Waals surface area contributed by atoms with Crippen molar-refractivity contribution < 1.29 is 27.8 Å². The number of rotatable bonds is 4. The molecule has 1 amide bonds. The van der Waals surface area contributed by atoms with Crippen molar-refractivity contribution in [1.82, 2.24) is 4.90 Å². The van der Waals surface area contributed by atoms with Crippen molar-refractivity contribution in [2.45, 2.75) is 31.2 Å². The van der Waals surface area contributed by atoms with E-state index in [9.17, 15) is 23.1 Å². The molecule has 0 aliphatic carbocycles. The topological polar surface area (TPSA) is 49.8 Å². The van der Waals surface area contributed by atoms with Gasteiger partial charge in [0.2, 0.25) is 5.91 Å². The van der Waals surface area contributed by atoms with Crippen LogP contribution in [-0.2, 0) is 22.1 Å². The van der Waals surface area contributed by atoms with Gasteiger partial charge in [-0.2, -0.15) is 13.2 Å². The highest BCUT2D eigenvalue weighted by molar-refractivity contribution is 5.79. The van der Waals surface area contributed by atoms with Crippen LogP contribution in [-0.4, -0.2) is 48.3 Å². The quantitative estimate of drug-likeness (QED) is 0.922. The van der Waals surface area contributed by atoms with Gasteiger partial charge in [-0.05, 0) is 18.1 Å². The molecule has 1 N–H and O–H groups in total. The van der Waals surface area contributed by atoms with Crippen molar-refractivity contribution in [3.8, 4) is 0 Å². The van der Waals surface area contributed by atoms with E-state index in [1.165, 1.54) is 24.1 Å². The van der Waals surface area contributed by atoms with E-state index in [4.69, 9.17) is 4.74 Å². The van der Waals surface area contributed by atoms with E-state index < -0.39 is 11.7 Å². The third-order valence-electron chi connectivity index (χ3n) is 3.85. The summed E-state index contributed by atoms with van der Waals surface area (Å²) in [6.45, 7) is 0.160. The van der Waals surface area contributed by atoms with Crippen LogP contribution in [0.3, 0.4) is 0 Å². The molecular formula is C15H18F3NO3. The van der Waals surface area contributed by atoms with Gasteiger partial charge >= 0.3 is 6.18 Å². The lowest BCUT2D eigenvalue weighted by Gasteiger charge is -2.23. The molecule has 7 heteroatoms. The number of amides is 1. The number of aliphatic hydroxyl groups excluding tert-OH is 1. The number of alkyl halides is 3. The molecule has 2 atom stereocenters. The maximum Gasteiger partial charge on any atom is 0.416 e. The number of ether oxygens (including phenoxy) is 1. The van der Waals surface area contributed by atoms with Crippen LogP contribution in [0.15, 0.2) is 24.3 Å². The Labute approximate surface area is 126 Å². The summed E-state index contributed by atoms with van der Waals surface area (Å²) in [5, 5.41) is 9.32. The Kier molecular flexibility index (Phi) is 5.08. The molecule has 1 fully saturated rings. The van der Waals surface area contributed by atoms with Crippen LogP contribution >= 0.6 is 0 Å². The summed E-state index contributed by atoms with van der Waals surface area (Å²) < 4.78 is 43.2. The normalized spacial score (nSPS) is 22.1. The fourth-order valence-electron chi connectivity index (χ4n) is 2.66. The molecule has 0 radical (unpaired) electrons. The van der Waals surface area contributed by atoms with Crippen LogP contribution in [0.5, 0.6) is 0 Å². The third-order valence-corrected chi connectivity index (χ3v) is 3.85. The smallest absolute Gasteiger partial charge is 0.394 e. The first kappa shape index (κ1) is 16.8. The van der Waals surface area contributed by atoms with Crippen molar-refractivity contribution in [3.05, 3.63) is 35.4 Å². The highest BCUT2D eigenvalue weighted by atomic mass is 19.4. The molecule has 1 aromatic carbocycles. The Balaban J connectivity index is 2.09. The minimum absolute atomic E-state index is 0.128. The molecule has 0 aromatic heterocycles. The number of carbonyl (C=O) groups is 1. The highest BCUT2D eigenvalue weighted by Gasteiger charge is 2.35. The van der Waals surface area contributed by atoms with E-state index in [1.807, 2.05) is 0 Å². The number of likely N-dealkylation sites (tertiary alicyclic amines) is 1. The van der Waals surface area contributed by atoms with Crippen molar-refractivity contribution in [1.29, 1.82) is 0 Å². The molecule has 0 bridgehead atoms. The van der Waals surface area contributed by atoms with Gasteiger partial charge in [0.1, 0.15) is 0 Å². The Bertz CT molecular complexity index is 533. The Hall–Kier alpha value is -1.60. The average Bonchev–Trinajstić information content (AvgIpc) is 2.90. The predicted molar refractivity (Wildman–Crippen MR) is 73.1 cm³/mol. The molecule has 22 heavy (non-hydrogen) atoms. The van der Waals surface area contributed by atoms with Gasteiger partial charge < -0.3 is 14.7 Å². The van der Waals surface area contributed by atoms with Gasteiger partial charge in [0.15, 0.2) is 0 Å². The summed E-state index contributed by atoms with van der Waals surface area (Å²) >= 11 is 0. The molecule has 1 aliphatic heterocycles. The van der Waals surface area contributed by atoms with Gasteiger partial charge in [-0.25, -0.2) is 0 Å². The van der Waals surface area contributed by atoms with Crippen LogP contribution in [0.4, 0.5) is 13.2 Å². The first-order chi connectivity index (χ1) is 10.3. The monoisotopic (exact) mass is 317 g/mol. The Morgan fingerprint density at radius 3 is 2.77 bits per heavy atom. The number of hydrogen-bond acceptors (Lipinski definition) is 3. The minimum atomic E-state index is -4.43. The first-order valence-electron chi connectivity index (χ1n) is 6.94. The summed E-state index contributed by atoms with van der Waals surface area (Å²) in [7, 11) is 1.53. The molecule has 122 valence electrons. The number of carbonyl (C=O) groups excluding carboxylic acids is 1. The summed E-state index contributed by atoms with van der Waals surface area (Å²) in [5.41, 5.74) is -0.468. The van der Waals surface area contributed by atoms with Crippen LogP contribution in [0.1, 0.15) is 17.5 Å². The maximum atomic E-state index is 12.7. The highest BCUT2D eigenvalue weighted by Crippen LogP contribution is 2.30. The van der Waals surface area contributed by atoms with Crippen LogP contribution in [0, 0.1) is 0 Å². The van der Waals surface area contributed by atoms with Gasteiger partial charge in [0.05, 0.1) is 30.7 Å². The second-order valence-corrected chi connectivity index (χ2v) is 5.35. The summed E-state index contributed by atoms with van der Waals surface area (Å²) in [4.78, 5) is 13.8. The lowest BCUT2D eigenvalue weighted by atomic mass is 10.1. The predicted octanol–water partition coefficient (Wildman–Crippen LogP) is 1.86. The Morgan fingerprint density at radius 1 is 1.45 bits per heavy atom. The molecule has 2 rings (SSSR count). The lowest BCUT2D eigenvalue weighted by Crippen LogP contribution is -2.39. The van der Waals surface area contributed by atoms with E-state index >= 15 is 0 Å². The third kappa shape index (κ3) is 3.78. The van der Waals surface area contributed by atoms with Crippen LogP contribution < -0.4 is 0 Å². The zero-order chi connectivity index (χ0) is 16.3. The van der Waals surface area contributed by atoms with Gasteiger partial charge in [0, 0.05) is 13.7 Å². The number of halogens is 3. The van der Waals surface area contributed by atoms with E-state index in [0.717, 1.165) is 12.1 Å². The molecular weight excluding hydrogens is 299 g/mol. The van der Waals surface area contributed by atoms with Crippen molar-refractivity contribution in [2.75, 3.05) is 20.3 Å². The molecule has 0 unspecified atom stereocenters. The zero-order valence-corrected chi connectivity index (χ0v) is 12.1. The molecule has 1 heterocycles. The Morgan fingerprint density at radius 2 is 2.18 bits per heavy atom. The molecule has 0 spiro atoms. The maximum absolute atomic E-state index is 12.7. The van der Waals surface area contributed by atoms with E-state index in [1.54, 1.807) is 0 Å². The lowest BCUT2D eigenvalue weighted by molar-refractivity contribution is -0.138. The van der Waals surface area contributed by atoms with Gasteiger partial charge in [-0.1, -0.05) is 18.2 Å². The standard InChI is InChI=1S/C15H18F3NO3/c1-22-13-7-12(9-20)19(8-13)14(21)6-10-3-2-4-11(5-10)15(16,17)18/h2-5,12-13,20H,6-9H2,1H3/t12-,13+/m0/s1. The summed E-state index contributed by atoms with van der Waals surface area (Å²) in [6.07, 6.45) is -4.18. The van der Waals surface area contributed by atoms with Crippen molar-refractivity contribution in [3.63, 3.8) is 0 Å². The van der Waals surface area contributed by atoms with E-state index in [0.29, 0.717) is 18.5 Å². The number of hydrogen-bond donors (Lipinski definition) is 1. The second-order valence-electron chi connectivity index (χ2n) is 5.35. The minimum Gasteiger partial charge on any atom is -0.394 e. The number of methoxy groups -OCH3 is 1. The molecule has 1 aromatic rings. The van der Waals surface area contributed by atoms with E-state index in [2.05, 4.69) is 0 Å².